The second-order valence-corrected chi connectivity index (χ2v) is 6.58. The van der Waals surface area contributed by atoms with Gasteiger partial charge in [-0.1, -0.05) is 6.07 Å². The van der Waals surface area contributed by atoms with Crippen LogP contribution in [0.2, 0.25) is 0 Å². The van der Waals surface area contributed by atoms with E-state index in [2.05, 4.69) is 49.3 Å². The molecule has 1 saturated heterocycles. The molecule has 0 aliphatic carbocycles. The molecule has 0 atom stereocenters. The molecule has 0 aromatic carbocycles. The highest BCUT2D eigenvalue weighted by Gasteiger charge is 2.32. The number of imidazole rings is 1. The maximum Gasteiger partial charge on any atom is 0.137 e. The minimum absolute atomic E-state index is 0.532. The van der Waals surface area contributed by atoms with Crippen molar-refractivity contribution >= 4 is 11.5 Å². The van der Waals surface area contributed by atoms with Gasteiger partial charge in [-0.15, -0.1) is 0 Å². The molecule has 0 radical (unpaired) electrons. The Labute approximate surface area is 141 Å². The average molecular weight is 322 g/mol. The lowest BCUT2D eigenvalue weighted by molar-refractivity contribution is 0.195. The molecule has 1 fully saturated rings. The molecular weight excluding hydrogens is 300 g/mol. The molecule has 124 valence electrons. The van der Waals surface area contributed by atoms with Crippen molar-refractivity contribution in [3.8, 4) is 0 Å². The fourth-order valence-electron chi connectivity index (χ4n) is 3.20. The summed E-state index contributed by atoms with van der Waals surface area (Å²) in [5, 5.41) is 0. The number of fused-ring (bicyclic) bond motifs is 1. The number of aromatic nitrogens is 4. The minimum atomic E-state index is 0.532. The molecule has 3 aromatic heterocycles. The molecule has 4 heterocycles. The van der Waals surface area contributed by atoms with Crippen LogP contribution in [0.25, 0.3) is 5.65 Å². The zero-order chi connectivity index (χ0) is 16.7. The first-order chi connectivity index (χ1) is 11.6. The van der Waals surface area contributed by atoms with Gasteiger partial charge in [0.05, 0.1) is 5.69 Å². The predicted octanol–water partition coefficient (Wildman–Crippen LogP) is 2.06. The summed E-state index contributed by atoms with van der Waals surface area (Å²) < 4.78 is 2.07. The van der Waals surface area contributed by atoms with Crippen LogP contribution in [0.4, 0.5) is 5.82 Å². The summed E-state index contributed by atoms with van der Waals surface area (Å²) in [5.41, 5.74) is 4.35. The van der Waals surface area contributed by atoms with Gasteiger partial charge >= 0.3 is 0 Å². The minimum Gasteiger partial charge on any atom is -0.353 e. The van der Waals surface area contributed by atoms with Crippen LogP contribution in [-0.4, -0.2) is 50.4 Å². The van der Waals surface area contributed by atoms with E-state index in [1.165, 1.54) is 5.56 Å². The van der Waals surface area contributed by atoms with Crippen LogP contribution in [0.15, 0.2) is 36.9 Å². The number of anilines is 1. The van der Waals surface area contributed by atoms with Crippen molar-refractivity contribution in [2.75, 3.05) is 25.0 Å². The van der Waals surface area contributed by atoms with Gasteiger partial charge < -0.3 is 9.30 Å². The maximum atomic E-state index is 4.68. The Morgan fingerprint density at radius 2 is 2.04 bits per heavy atom. The van der Waals surface area contributed by atoms with Crippen molar-refractivity contribution in [1.82, 2.24) is 24.3 Å². The van der Waals surface area contributed by atoms with E-state index in [0.717, 1.165) is 42.5 Å². The molecule has 6 heteroatoms. The second kappa shape index (κ2) is 5.87. The number of rotatable bonds is 4. The molecule has 6 nitrogen and oxygen atoms in total. The number of pyridine rings is 1. The van der Waals surface area contributed by atoms with E-state index in [9.17, 15) is 0 Å². The van der Waals surface area contributed by atoms with Crippen LogP contribution in [0.3, 0.4) is 0 Å². The number of likely N-dealkylation sites (N-methyl/N-ethyl adjacent to an activating group) is 1. The van der Waals surface area contributed by atoms with E-state index in [0.29, 0.717) is 6.04 Å². The molecule has 4 rings (SSSR count). The summed E-state index contributed by atoms with van der Waals surface area (Å²) in [5.74, 6) is 1.07. The zero-order valence-electron chi connectivity index (χ0n) is 14.3. The van der Waals surface area contributed by atoms with Crippen molar-refractivity contribution in [1.29, 1.82) is 0 Å². The van der Waals surface area contributed by atoms with Crippen LogP contribution >= 0.6 is 0 Å². The lowest BCUT2D eigenvalue weighted by Crippen LogP contribution is -2.58. The molecule has 24 heavy (non-hydrogen) atoms. The Balaban J connectivity index is 1.40. The molecule has 1 aliphatic heterocycles. The lowest BCUT2D eigenvalue weighted by Gasteiger charge is -2.45. The van der Waals surface area contributed by atoms with Gasteiger partial charge in [0.15, 0.2) is 0 Å². The molecule has 1 aliphatic rings. The molecule has 0 amide bonds. The Kier molecular flexibility index (Phi) is 3.69. The molecular formula is C18H22N6. The largest absolute Gasteiger partial charge is 0.353 e. The van der Waals surface area contributed by atoms with Crippen LogP contribution < -0.4 is 4.90 Å². The fraction of sp³-hybridized carbons (Fsp3) is 0.389. The Bertz CT molecular complexity index is 832. The Hall–Kier alpha value is -2.47. The van der Waals surface area contributed by atoms with Crippen molar-refractivity contribution < 1.29 is 0 Å². The zero-order valence-corrected chi connectivity index (χ0v) is 14.3. The quantitative estimate of drug-likeness (QED) is 0.736. The first-order valence-corrected chi connectivity index (χ1v) is 8.28. The third-order valence-electron chi connectivity index (χ3n) is 4.92. The molecule has 0 unspecified atom stereocenters. The highest BCUT2D eigenvalue weighted by Crippen LogP contribution is 2.25. The van der Waals surface area contributed by atoms with E-state index in [1.807, 2.05) is 31.3 Å². The highest BCUT2D eigenvalue weighted by atomic mass is 15.3. The monoisotopic (exact) mass is 322 g/mol. The second-order valence-electron chi connectivity index (χ2n) is 6.58. The maximum absolute atomic E-state index is 4.68. The van der Waals surface area contributed by atoms with Crippen molar-refractivity contribution in [3.63, 3.8) is 0 Å². The summed E-state index contributed by atoms with van der Waals surface area (Å²) in [6.45, 7) is 7.00. The summed E-state index contributed by atoms with van der Waals surface area (Å²) in [7, 11) is 2.17. The summed E-state index contributed by atoms with van der Waals surface area (Å²) in [4.78, 5) is 18.1. The van der Waals surface area contributed by atoms with Crippen LogP contribution in [0.5, 0.6) is 0 Å². The van der Waals surface area contributed by atoms with E-state index < -0.39 is 0 Å². The van der Waals surface area contributed by atoms with Gasteiger partial charge in [0.25, 0.3) is 0 Å². The number of hydrogen-bond donors (Lipinski definition) is 0. The van der Waals surface area contributed by atoms with E-state index in [4.69, 9.17) is 0 Å². The van der Waals surface area contributed by atoms with Gasteiger partial charge in [-0.3, -0.25) is 4.90 Å². The third-order valence-corrected chi connectivity index (χ3v) is 4.92. The van der Waals surface area contributed by atoms with Crippen LogP contribution in [0.1, 0.15) is 17.0 Å². The molecule has 0 saturated carbocycles. The van der Waals surface area contributed by atoms with Crippen molar-refractivity contribution in [2.45, 2.75) is 26.4 Å². The van der Waals surface area contributed by atoms with Crippen molar-refractivity contribution in [3.05, 3.63) is 53.9 Å². The van der Waals surface area contributed by atoms with Crippen LogP contribution in [-0.2, 0) is 6.54 Å². The highest BCUT2D eigenvalue weighted by molar-refractivity contribution is 5.50. The SMILES string of the molecule is Cc1ncnc(N2CC(N(C)Cc3cn4ccccc4n3)C2)c1C. The molecule has 0 bridgehead atoms. The van der Waals surface area contributed by atoms with Gasteiger partial charge in [0, 0.05) is 49.3 Å². The standard InChI is InChI=1S/C18H22N6/c1-13-14(2)19-12-20-18(13)24-10-16(11-24)22(3)8-15-9-23-7-5-4-6-17(23)21-15/h4-7,9,12,16H,8,10-11H2,1-3H3. The van der Waals surface area contributed by atoms with Gasteiger partial charge in [-0.2, -0.15) is 0 Å². The van der Waals surface area contributed by atoms with E-state index in [1.54, 1.807) is 6.33 Å². The van der Waals surface area contributed by atoms with Gasteiger partial charge in [0.1, 0.15) is 17.8 Å². The van der Waals surface area contributed by atoms with Crippen molar-refractivity contribution in [2.24, 2.45) is 0 Å². The molecule has 0 spiro atoms. The summed E-state index contributed by atoms with van der Waals surface area (Å²) >= 11 is 0. The lowest BCUT2D eigenvalue weighted by atomic mass is 10.1. The first kappa shape index (κ1) is 15.1. The topological polar surface area (TPSA) is 49.6 Å². The first-order valence-electron chi connectivity index (χ1n) is 8.28. The predicted molar refractivity (Wildman–Crippen MR) is 94.2 cm³/mol. The normalized spacial score (nSPS) is 15.2. The average Bonchev–Trinajstić information content (AvgIpc) is 2.92. The Morgan fingerprint density at radius 1 is 1.21 bits per heavy atom. The number of hydrogen-bond acceptors (Lipinski definition) is 5. The van der Waals surface area contributed by atoms with Gasteiger partial charge in [-0.05, 0) is 33.0 Å². The molecule has 0 N–H and O–H groups in total. The summed E-state index contributed by atoms with van der Waals surface area (Å²) in [6, 6.07) is 6.61. The Morgan fingerprint density at radius 3 is 2.83 bits per heavy atom. The smallest absolute Gasteiger partial charge is 0.137 e. The summed E-state index contributed by atoms with van der Waals surface area (Å²) in [6.07, 6.45) is 5.81. The van der Waals surface area contributed by atoms with Gasteiger partial charge in [-0.25, -0.2) is 15.0 Å². The number of nitrogens with zero attached hydrogens (tertiary/aromatic N) is 6. The van der Waals surface area contributed by atoms with Gasteiger partial charge in [0.2, 0.25) is 0 Å². The van der Waals surface area contributed by atoms with E-state index in [-0.39, 0.29) is 0 Å². The fourth-order valence-corrected chi connectivity index (χ4v) is 3.20. The molecule has 3 aromatic rings. The third kappa shape index (κ3) is 2.63. The van der Waals surface area contributed by atoms with Crippen LogP contribution in [0, 0.1) is 13.8 Å². The number of aryl methyl sites for hydroxylation is 1. The van der Waals surface area contributed by atoms with E-state index >= 15 is 0 Å².